The number of pyridine rings is 1. The van der Waals surface area contributed by atoms with E-state index in [4.69, 9.17) is 14.5 Å². The van der Waals surface area contributed by atoms with E-state index in [0.717, 1.165) is 62.7 Å². The fraction of sp³-hybridized carbons (Fsp3) is 0.441. The van der Waals surface area contributed by atoms with Crippen molar-refractivity contribution in [1.29, 1.82) is 0 Å². The van der Waals surface area contributed by atoms with Gasteiger partial charge in [0.15, 0.2) is 0 Å². The first-order valence-electron chi connectivity index (χ1n) is 15.0. The Morgan fingerprint density at radius 2 is 1.67 bits per heavy atom. The van der Waals surface area contributed by atoms with Gasteiger partial charge in [-0.2, -0.15) is 0 Å². The van der Waals surface area contributed by atoms with E-state index in [1.165, 1.54) is 0 Å². The van der Waals surface area contributed by atoms with Crippen molar-refractivity contribution in [3.05, 3.63) is 76.5 Å². The van der Waals surface area contributed by atoms with Crippen LogP contribution in [0.15, 0.2) is 48.5 Å². The van der Waals surface area contributed by atoms with Crippen LogP contribution in [0, 0.1) is 19.8 Å². The molecule has 0 spiro atoms. The number of benzene rings is 2. The van der Waals surface area contributed by atoms with Gasteiger partial charge in [0, 0.05) is 55.7 Å². The Morgan fingerprint density at radius 1 is 0.976 bits per heavy atom. The van der Waals surface area contributed by atoms with Gasteiger partial charge in [0.05, 0.1) is 24.6 Å². The number of rotatable bonds is 8. The van der Waals surface area contributed by atoms with Crippen LogP contribution >= 0.6 is 0 Å². The predicted molar refractivity (Wildman–Crippen MR) is 162 cm³/mol. The van der Waals surface area contributed by atoms with Crippen molar-refractivity contribution in [2.75, 3.05) is 39.5 Å². The Hall–Kier alpha value is -3.75. The lowest BCUT2D eigenvalue weighted by atomic mass is 9.80. The number of nitrogens with zero attached hydrogens (tertiary/aromatic N) is 3. The van der Waals surface area contributed by atoms with Crippen molar-refractivity contribution >= 4 is 33.8 Å². The SMILES string of the molecule is Cc1nc2c(c(C)c1CCC(=O)O)c1ccccc1n2Cc1ccc([C@@H](C(=O)N2CCOCC2)C2CCOCC2)cc1. The first-order chi connectivity index (χ1) is 20.4. The maximum absolute atomic E-state index is 13.8. The second-order valence-corrected chi connectivity index (χ2v) is 11.6. The molecule has 2 aliphatic heterocycles. The minimum absolute atomic E-state index is 0.0861. The number of amides is 1. The Balaban J connectivity index is 1.34. The largest absolute Gasteiger partial charge is 0.481 e. The van der Waals surface area contributed by atoms with Crippen LogP contribution in [0.5, 0.6) is 0 Å². The molecule has 2 aliphatic rings. The van der Waals surface area contributed by atoms with Crippen LogP contribution in [-0.2, 0) is 32.0 Å². The normalized spacial score (nSPS) is 17.1. The molecule has 0 saturated carbocycles. The zero-order chi connectivity index (χ0) is 29.2. The molecule has 42 heavy (non-hydrogen) atoms. The van der Waals surface area contributed by atoms with Crippen molar-refractivity contribution in [2.45, 2.75) is 52.0 Å². The van der Waals surface area contributed by atoms with Gasteiger partial charge in [-0.3, -0.25) is 9.59 Å². The average molecular weight is 570 g/mol. The maximum atomic E-state index is 13.8. The molecule has 2 fully saturated rings. The van der Waals surface area contributed by atoms with Crippen molar-refractivity contribution < 1.29 is 24.2 Å². The lowest BCUT2D eigenvalue weighted by Crippen LogP contribution is -2.45. The minimum atomic E-state index is -0.800. The van der Waals surface area contributed by atoms with Gasteiger partial charge in [-0.25, -0.2) is 4.98 Å². The van der Waals surface area contributed by atoms with Crippen molar-refractivity contribution in [1.82, 2.24) is 14.5 Å². The highest BCUT2D eigenvalue weighted by atomic mass is 16.5. The quantitative estimate of drug-likeness (QED) is 0.312. The summed E-state index contributed by atoms with van der Waals surface area (Å²) in [7, 11) is 0. The summed E-state index contributed by atoms with van der Waals surface area (Å²) in [6, 6.07) is 16.9. The fourth-order valence-electron chi connectivity index (χ4n) is 6.84. The van der Waals surface area contributed by atoms with Gasteiger partial charge in [0.2, 0.25) is 5.91 Å². The number of para-hydroxylation sites is 1. The molecule has 8 nitrogen and oxygen atoms in total. The second-order valence-electron chi connectivity index (χ2n) is 11.6. The molecule has 4 heterocycles. The molecular formula is C34H39N3O5. The van der Waals surface area contributed by atoms with Gasteiger partial charge in [0.25, 0.3) is 0 Å². The molecule has 2 saturated heterocycles. The molecule has 1 atom stereocenters. The number of carboxylic acid groups (broad SMARTS) is 1. The first kappa shape index (κ1) is 28.4. The Kier molecular flexibility index (Phi) is 8.27. The number of hydrogen-bond acceptors (Lipinski definition) is 5. The highest BCUT2D eigenvalue weighted by Crippen LogP contribution is 2.36. The lowest BCUT2D eigenvalue weighted by Gasteiger charge is -2.35. The van der Waals surface area contributed by atoms with Crippen molar-refractivity contribution in [3.8, 4) is 0 Å². The number of carbonyl (C=O) groups is 2. The van der Waals surface area contributed by atoms with Gasteiger partial charge >= 0.3 is 5.97 Å². The number of aliphatic carboxylic acids is 1. The van der Waals surface area contributed by atoms with Gasteiger partial charge in [-0.1, -0.05) is 42.5 Å². The number of carbonyl (C=O) groups excluding carboxylic acids is 1. The van der Waals surface area contributed by atoms with Gasteiger partial charge < -0.3 is 24.0 Å². The van der Waals surface area contributed by atoms with E-state index in [2.05, 4.69) is 47.9 Å². The van der Waals surface area contributed by atoms with Gasteiger partial charge in [0.1, 0.15) is 5.65 Å². The Labute approximate surface area is 246 Å². The zero-order valence-corrected chi connectivity index (χ0v) is 24.5. The Bertz CT molecular complexity index is 1600. The average Bonchev–Trinajstić information content (AvgIpc) is 3.31. The van der Waals surface area contributed by atoms with E-state index in [-0.39, 0.29) is 24.2 Å². The van der Waals surface area contributed by atoms with E-state index in [1.54, 1.807) is 0 Å². The van der Waals surface area contributed by atoms with Gasteiger partial charge in [-0.05, 0) is 67.3 Å². The Morgan fingerprint density at radius 3 is 2.38 bits per heavy atom. The number of aryl methyl sites for hydroxylation is 2. The molecule has 0 unspecified atom stereocenters. The van der Waals surface area contributed by atoms with Crippen molar-refractivity contribution in [2.24, 2.45) is 5.92 Å². The summed E-state index contributed by atoms with van der Waals surface area (Å²) in [6.45, 7) is 8.59. The number of morpholine rings is 1. The van der Waals surface area contributed by atoms with Crippen LogP contribution in [0.2, 0.25) is 0 Å². The molecule has 0 bridgehead atoms. The summed E-state index contributed by atoms with van der Waals surface area (Å²) in [5.74, 6) is -0.507. The van der Waals surface area contributed by atoms with Crippen LogP contribution in [0.3, 0.4) is 0 Å². The third kappa shape index (κ3) is 5.53. The first-order valence-corrected chi connectivity index (χ1v) is 15.0. The van der Waals surface area contributed by atoms with Crippen LogP contribution in [-0.4, -0.2) is 71.0 Å². The second kappa shape index (κ2) is 12.2. The third-order valence-electron chi connectivity index (χ3n) is 9.08. The molecule has 0 aliphatic carbocycles. The zero-order valence-electron chi connectivity index (χ0n) is 24.5. The highest BCUT2D eigenvalue weighted by molar-refractivity contribution is 6.08. The van der Waals surface area contributed by atoms with Crippen LogP contribution in [0.25, 0.3) is 21.9 Å². The highest BCUT2D eigenvalue weighted by Gasteiger charge is 2.34. The fourth-order valence-corrected chi connectivity index (χ4v) is 6.84. The molecule has 4 aromatic rings. The summed E-state index contributed by atoms with van der Waals surface area (Å²) >= 11 is 0. The third-order valence-corrected chi connectivity index (χ3v) is 9.08. The molecule has 8 heteroatoms. The molecule has 0 radical (unpaired) electrons. The molecule has 220 valence electrons. The summed E-state index contributed by atoms with van der Waals surface area (Å²) in [4.78, 5) is 32.1. The van der Waals surface area contributed by atoms with E-state index >= 15 is 0 Å². The monoisotopic (exact) mass is 569 g/mol. The summed E-state index contributed by atoms with van der Waals surface area (Å²) in [5, 5.41) is 11.5. The summed E-state index contributed by atoms with van der Waals surface area (Å²) < 4.78 is 13.4. The summed E-state index contributed by atoms with van der Waals surface area (Å²) in [5.41, 5.74) is 7.21. The summed E-state index contributed by atoms with van der Waals surface area (Å²) in [6.07, 6.45) is 2.34. The topological polar surface area (TPSA) is 93.9 Å². The van der Waals surface area contributed by atoms with Crippen LogP contribution in [0.4, 0.5) is 0 Å². The lowest BCUT2D eigenvalue weighted by molar-refractivity contribution is -0.139. The molecule has 2 aromatic carbocycles. The van der Waals surface area contributed by atoms with E-state index in [1.807, 2.05) is 24.0 Å². The smallest absolute Gasteiger partial charge is 0.303 e. The van der Waals surface area contributed by atoms with E-state index in [9.17, 15) is 14.7 Å². The van der Waals surface area contributed by atoms with Crippen LogP contribution in [0.1, 0.15) is 53.1 Å². The minimum Gasteiger partial charge on any atom is -0.481 e. The maximum Gasteiger partial charge on any atom is 0.303 e. The predicted octanol–water partition coefficient (Wildman–Crippen LogP) is 5.24. The molecular weight excluding hydrogens is 530 g/mol. The van der Waals surface area contributed by atoms with Crippen LogP contribution < -0.4 is 0 Å². The number of hydrogen-bond donors (Lipinski definition) is 1. The number of fused-ring (bicyclic) bond motifs is 3. The number of ether oxygens (including phenoxy) is 2. The molecule has 6 rings (SSSR count). The van der Waals surface area contributed by atoms with E-state index < -0.39 is 5.97 Å². The standard InChI is InChI=1S/C34H39N3O5/c1-22-27(11-12-30(38)39)23(2)35-33-31(22)28-5-3-4-6-29(28)37(33)21-24-7-9-25(10-8-24)32(26-13-17-41-18-14-26)34(40)36-15-19-42-20-16-36/h3-10,26,32H,11-21H2,1-2H3,(H,38,39)/t32-/m1/s1. The number of carboxylic acids is 1. The number of aromatic nitrogens is 2. The molecule has 1 N–H and O–H groups in total. The van der Waals surface area contributed by atoms with Crippen molar-refractivity contribution in [3.63, 3.8) is 0 Å². The van der Waals surface area contributed by atoms with Gasteiger partial charge in [-0.15, -0.1) is 0 Å². The molecule has 2 aromatic heterocycles. The molecule has 1 amide bonds. The van der Waals surface area contributed by atoms with E-state index in [0.29, 0.717) is 52.5 Å².